The van der Waals surface area contributed by atoms with Gasteiger partial charge in [0, 0.05) is 43.9 Å². The smallest absolute Gasteiger partial charge is 0.381 e. The van der Waals surface area contributed by atoms with Crippen molar-refractivity contribution in [1.82, 2.24) is 9.47 Å². The molecule has 0 bridgehead atoms. The second kappa shape index (κ2) is 9.48. The number of alkyl halides is 3. The fourth-order valence-electron chi connectivity index (χ4n) is 4.20. The highest BCUT2D eigenvalue weighted by molar-refractivity contribution is 6.30. The predicted molar refractivity (Wildman–Crippen MR) is 120 cm³/mol. The zero-order valence-corrected chi connectivity index (χ0v) is 19.7. The Kier molecular flexibility index (Phi) is 7.30. The first kappa shape index (κ1) is 24.6. The van der Waals surface area contributed by atoms with Crippen LogP contribution in [-0.4, -0.2) is 42.2 Å². The van der Waals surface area contributed by atoms with Gasteiger partial charge in [-0.2, -0.15) is 13.2 Å². The van der Waals surface area contributed by atoms with Crippen molar-refractivity contribution in [3.05, 3.63) is 46.7 Å². The molecule has 1 fully saturated rings. The molecule has 2 heterocycles. The number of aromatic nitrogens is 1. The van der Waals surface area contributed by atoms with Crippen molar-refractivity contribution in [1.29, 1.82) is 0 Å². The molecule has 8 heteroatoms. The molecular weight excluding hydrogens is 441 g/mol. The van der Waals surface area contributed by atoms with Gasteiger partial charge in [0.2, 0.25) is 0 Å². The number of hydrogen-bond donors (Lipinski definition) is 0. The van der Waals surface area contributed by atoms with E-state index in [1.165, 1.54) is 9.47 Å². The van der Waals surface area contributed by atoms with Crippen LogP contribution in [0.5, 0.6) is 0 Å². The Balaban J connectivity index is 2.16. The monoisotopic (exact) mass is 470 g/mol. The van der Waals surface area contributed by atoms with E-state index in [0.717, 1.165) is 6.07 Å². The Morgan fingerprint density at radius 3 is 2.28 bits per heavy atom. The molecule has 3 rings (SSSR count). The van der Waals surface area contributed by atoms with E-state index in [4.69, 9.17) is 16.3 Å². The molecule has 1 aliphatic rings. The highest BCUT2D eigenvalue weighted by Gasteiger charge is 2.39. The van der Waals surface area contributed by atoms with Gasteiger partial charge in [0.05, 0.1) is 0 Å². The molecule has 0 spiro atoms. The third-order valence-corrected chi connectivity index (χ3v) is 5.84. The number of carbonyl (C=O) groups is 1. The standard InChI is InChI=1S/C24H30ClF3N2O2/c1-23(2,3)15-29(4)22(31)21-19(17-5-7-18(25)8-6-17)13-20(24(26,27)28)30(21)14-16-9-11-32-12-10-16/h5-8,13,16H,9-12,14-15H2,1-4H3. The van der Waals surface area contributed by atoms with E-state index in [1.807, 2.05) is 20.8 Å². The van der Waals surface area contributed by atoms with Crippen LogP contribution in [0.25, 0.3) is 11.1 Å². The lowest BCUT2D eigenvalue weighted by molar-refractivity contribution is -0.144. The van der Waals surface area contributed by atoms with Gasteiger partial charge in [0.25, 0.3) is 5.91 Å². The molecule has 4 nitrogen and oxygen atoms in total. The Morgan fingerprint density at radius 2 is 1.75 bits per heavy atom. The van der Waals surface area contributed by atoms with E-state index >= 15 is 0 Å². The number of halogens is 4. The van der Waals surface area contributed by atoms with E-state index in [9.17, 15) is 18.0 Å². The summed E-state index contributed by atoms with van der Waals surface area (Å²) in [4.78, 5) is 15.1. The minimum absolute atomic E-state index is 0.00906. The van der Waals surface area contributed by atoms with Crippen molar-refractivity contribution in [2.75, 3.05) is 26.8 Å². The Morgan fingerprint density at radius 1 is 1.16 bits per heavy atom. The Labute approximate surface area is 192 Å². The quantitative estimate of drug-likeness (QED) is 0.508. The zero-order chi connectivity index (χ0) is 23.7. The van der Waals surface area contributed by atoms with E-state index in [1.54, 1.807) is 31.3 Å². The summed E-state index contributed by atoms with van der Waals surface area (Å²) < 4.78 is 48.9. The van der Waals surface area contributed by atoms with Crippen molar-refractivity contribution >= 4 is 17.5 Å². The molecule has 0 N–H and O–H groups in total. The summed E-state index contributed by atoms with van der Waals surface area (Å²) >= 11 is 5.99. The van der Waals surface area contributed by atoms with Crippen LogP contribution in [0, 0.1) is 11.3 Å². The lowest BCUT2D eigenvalue weighted by Crippen LogP contribution is -2.36. The maximum Gasteiger partial charge on any atom is 0.431 e. The molecule has 1 aliphatic heterocycles. The van der Waals surface area contributed by atoms with Crippen LogP contribution in [0.1, 0.15) is 49.8 Å². The summed E-state index contributed by atoms with van der Waals surface area (Å²) in [5.41, 5.74) is -0.139. The molecule has 2 aromatic rings. The zero-order valence-electron chi connectivity index (χ0n) is 18.9. The Bertz CT molecular complexity index is 940. The SMILES string of the molecule is CN(CC(C)(C)C)C(=O)c1c(-c2ccc(Cl)cc2)cc(C(F)(F)F)n1CC1CCOCC1. The van der Waals surface area contributed by atoms with E-state index in [0.29, 0.717) is 43.2 Å². The van der Waals surface area contributed by atoms with Crippen molar-refractivity contribution in [2.45, 2.75) is 46.3 Å². The molecule has 176 valence electrons. The molecule has 0 saturated carbocycles. The largest absolute Gasteiger partial charge is 0.431 e. The van der Waals surface area contributed by atoms with Crippen LogP contribution in [0.4, 0.5) is 13.2 Å². The van der Waals surface area contributed by atoms with Crippen LogP contribution in [-0.2, 0) is 17.5 Å². The summed E-state index contributed by atoms with van der Waals surface area (Å²) in [6, 6.07) is 7.63. The minimum atomic E-state index is -4.59. The number of ether oxygens (including phenoxy) is 1. The van der Waals surface area contributed by atoms with E-state index in [2.05, 4.69) is 0 Å². The normalized spacial score (nSPS) is 15.8. The summed E-state index contributed by atoms with van der Waals surface area (Å²) in [5, 5.41) is 0.476. The van der Waals surface area contributed by atoms with Crippen LogP contribution < -0.4 is 0 Å². The van der Waals surface area contributed by atoms with Crippen LogP contribution in [0.2, 0.25) is 5.02 Å². The maximum absolute atomic E-state index is 14.1. The van der Waals surface area contributed by atoms with Crippen LogP contribution in [0.15, 0.2) is 30.3 Å². The first-order chi connectivity index (χ1) is 14.9. The topological polar surface area (TPSA) is 34.5 Å². The van der Waals surface area contributed by atoms with Crippen molar-refractivity contribution in [2.24, 2.45) is 11.3 Å². The molecule has 1 aromatic carbocycles. The van der Waals surface area contributed by atoms with Gasteiger partial charge in [-0.1, -0.05) is 44.5 Å². The fraction of sp³-hybridized carbons (Fsp3) is 0.542. The van der Waals surface area contributed by atoms with Crippen molar-refractivity contribution in [3.8, 4) is 11.1 Å². The number of carbonyl (C=O) groups excluding carboxylic acids is 1. The van der Waals surface area contributed by atoms with Gasteiger partial charge in [0.15, 0.2) is 0 Å². The first-order valence-corrected chi connectivity index (χ1v) is 11.1. The number of amides is 1. The molecule has 1 saturated heterocycles. The van der Waals surface area contributed by atoms with Crippen molar-refractivity contribution < 1.29 is 22.7 Å². The number of rotatable bonds is 5. The number of benzene rings is 1. The molecule has 1 aromatic heterocycles. The summed E-state index contributed by atoms with van der Waals surface area (Å²) in [6.45, 7) is 7.53. The minimum Gasteiger partial charge on any atom is -0.381 e. The predicted octanol–water partition coefficient (Wildman–Crippen LogP) is 6.37. The molecule has 0 radical (unpaired) electrons. The van der Waals surface area contributed by atoms with E-state index < -0.39 is 17.8 Å². The Hall–Kier alpha value is -1.99. The highest BCUT2D eigenvalue weighted by atomic mass is 35.5. The lowest BCUT2D eigenvalue weighted by Gasteiger charge is -2.29. The third kappa shape index (κ3) is 5.87. The van der Waals surface area contributed by atoms with Gasteiger partial charge in [0.1, 0.15) is 11.4 Å². The molecule has 0 aliphatic carbocycles. The molecule has 0 unspecified atom stereocenters. The van der Waals surface area contributed by atoms with Crippen LogP contribution in [0.3, 0.4) is 0 Å². The van der Waals surface area contributed by atoms with Gasteiger partial charge in [-0.15, -0.1) is 0 Å². The second-order valence-electron chi connectivity index (χ2n) is 9.68. The second-order valence-corrected chi connectivity index (χ2v) is 10.1. The average Bonchev–Trinajstić information content (AvgIpc) is 3.07. The summed E-state index contributed by atoms with van der Waals surface area (Å²) in [5.74, 6) is -0.415. The third-order valence-electron chi connectivity index (χ3n) is 5.58. The molecule has 0 atom stereocenters. The highest BCUT2D eigenvalue weighted by Crippen LogP contribution is 2.39. The summed E-state index contributed by atoms with van der Waals surface area (Å²) in [7, 11) is 1.64. The molecule has 1 amide bonds. The number of nitrogens with zero attached hydrogens (tertiary/aromatic N) is 2. The van der Waals surface area contributed by atoms with E-state index in [-0.39, 0.29) is 29.1 Å². The van der Waals surface area contributed by atoms with Crippen LogP contribution >= 0.6 is 11.6 Å². The van der Waals surface area contributed by atoms with Gasteiger partial charge in [-0.3, -0.25) is 4.79 Å². The maximum atomic E-state index is 14.1. The first-order valence-electron chi connectivity index (χ1n) is 10.8. The average molecular weight is 471 g/mol. The fourth-order valence-corrected chi connectivity index (χ4v) is 4.33. The summed E-state index contributed by atoms with van der Waals surface area (Å²) in [6.07, 6.45) is -3.26. The number of hydrogen-bond acceptors (Lipinski definition) is 2. The van der Waals surface area contributed by atoms with Crippen molar-refractivity contribution in [3.63, 3.8) is 0 Å². The van der Waals surface area contributed by atoms with Gasteiger partial charge in [-0.05, 0) is 47.9 Å². The lowest BCUT2D eigenvalue weighted by atomic mass is 9.96. The van der Waals surface area contributed by atoms with Gasteiger partial charge in [-0.25, -0.2) is 0 Å². The van der Waals surface area contributed by atoms with Gasteiger partial charge >= 0.3 is 6.18 Å². The molecule has 32 heavy (non-hydrogen) atoms. The van der Waals surface area contributed by atoms with Gasteiger partial charge < -0.3 is 14.2 Å². The molecular formula is C24H30ClF3N2O2.